The number of esters is 1. The quantitative estimate of drug-likeness (QED) is 0.374. The Labute approximate surface area is 152 Å². The van der Waals surface area contributed by atoms with Crippen molar-refractivity contribution < 1.29 is 14.3 Å². The topological polar surface area (TPSA) is 43.4 Å². The normalized spacial score (nSPS) is 31.7. The SMILES string of the molecule is CC(=O)OCC=C(C)CCC1C(C=O)=CCC2C(C)(C)CCCC12C. The van der Waals surface area contributed by atoms with E-state index in [1.807, 2.05) is 6.08 Å². The molecule has 2 aliphatic rings. The lowest BCUT2D eigenvalue weighted by atomic mass is 9.48. The summed E-state index contributed by atoms with van der Waals surface area (Å²) in [6, 6.07) is 0. The lowest BCUT2D eigenvalue weighted by Gasteiger charge is -2.56. The summed E-state index contributed by atoms with van der Waals surface area (Å²) in [5.41, 5.74) is 2.79. The van der Waals surface area contributed by atoms with Gasteiger partial charge < -0.3 is 4.74 Å². The first-order valence-corrected chi connectivity index (χ1v) is 9.65. The van der Waals surface area contributed by atoms with Gasteiger partial charge in [0.2, 0.25) is 0 Å². The number of hydrogen-bond acceptors (Lipinski definition) is 3. The van der Waals surface area contributed by atoms with E-state index in [0.29, 0.717) is 23.9 Å². The summed E-state index contributed by atoms with van der Waals surface area (Å²) in [7, 11) is 0. The summed E-state index contributed by atoms with van der Waals surface area (Å²) < 4.78 is 5.00. The second-order valence-corrected chi connectivity index (χ2v) is 8.90. The Kier molecular flexibility index (Phi) is 6.29. The molecule has 0 radical (unpaired) electrons. The fourth-order valence-electron chi connectivity index (χ4n) is 5.35. The zero-order valence-corrected chi connectivity index (χ0v) is 16.6. The molecule has 0 aromatic rings. The maximum absolute atomic E-state index is 11.7. The number of ether oxygens (including phenoxy) is 1. The highest BCUT2D eigenvalue weighted by molar-refractivity contribution is 5.74. The van der Waals surface area contributed by atoms with Gasteiger partial charge in [0, 0.05) is 6.92 Å². The van der Waals surface area contributed by atoms with E-state index in [1.165, 1.54) is 31.8 Å². The molecule has 1 saturated carbocycles. The monoisotopic (exact) mass is 346 g/mol. The van der Waals surface area contributed by atoms with Crippen LogP contribution in [-0.4, -0.2) is 18.9 Å². The van der Waals surface area contributed by atoms with Crippen LogP contribution in [0.5, 0.6) is 0 Å². The molecular formula is C22H34O3. The molecule has 0 amide bonds. The highest BCUT2D eigenvalue weighted by Crippen LogP contribution is 2.60. The molecule has 3 nitrogen and oxygen atoms in total. The van der Waals surface area contributed by atoms with Gasteiger partial charge in [-0.3, -0.25) is 9.59 Å². The van der Waals surface area contributed by atoms with E-state index in [2.05, 4.69) is 33.8 Å². The zero-order chi connectivity index (χ0) is 18.7. The van der Waals surface area contributed by atoms with Crippen LogP contribution in [0.25, 0.3) is 0 Å². The minimum absolute atomic E-state index is 0.211. The van der Waals surface area contributed by atoms with E-state index in [4.69, 9.17) is 4.74 Å². The van der Waals surface area contributed by atoms with Crippen molar-refractivity contribution in [3.8, 4) is 0 Å². The van der Waals surface area contributed by atoms with Crippen molar-refractivity contribution in [1.29, 1.82) is 0 Å². The summed E-state index contributed by atoms with van der Waals surface area (Å²) in [6.45, 7) is 11.1. The van der Waals surface area contributed by atoms with Crippen molar-refractivity contribution in [3.05, 3.63) is 23.3 Å². The van der Waals surface area contributed by atoms with Gasteiger partial charge >= 0.3 is 5.97 Å². The molecule has 140 valence electrons. The fourth-order valence-corrected chi connectivity index (χ4v) is 5.35. The summed E-state index contributed by atoms with van der Waals surface area (Å²) in [4.78, 5) is 22.6. The van der Waals surface area contributed by atoms with Crippen LogP contribution >= 0.6 is 0 Å². The molecule has 2 rings (SSSR count). The first-order chi connectivity index (χ1) is 11.7. The molecule has 0 aliphatic heterocycles. The maximum Gasteiger partial charge on any atom is 0.302 e. The van der Waals surface area contributed by atoms with Crippen LogP contribution in [0.4, 0.5) is 0 Å². The molecule has 0 aromatic carbocycles. The van der Waals surface area contributed by atoms with Gasteiger partial charge in [0.15, 0.2) is 0 Å². The highest BCUT2D eigenvalue weighted by atomic mass is 16.5. The average Bonchev–Trinajstić information content (AvgIpc) is 2.51. The molecule has 1 fully saturated rings. The maximum atomic E-state index is 11.7. The number of fused-ring (bicyclic) bond motifs is 1. The van der Waals surface area contributed by atoms with E-state index < -0.39 is 0 Å². The van der Waals surface area contributed by atoms with E-state index in [1.54, 1.807) is 0 Å². The number of carbonyl (C=O) groups is 2. The first-order valence-electron chi connectivity index (χ1n) is 9.65. The Morgan fingerprint density at radius 1 is 1.28 bits per heavy atom. The van der Waals surface area contributed by atoms with E-state index in [-0.39, 0.29) is 11.4 Å². The minimum atomic E-state index is -0.248. The van der Waals surface area contributed by atoms with Crippen LogP contribution in [-0.2, 0) is 14.3 Å². The first kappa shape index (κ1) is 19.9. The zero-order valence-electron chi connectivity index (χ0n) is 16.6. The molecule has 2 aliphatic carbocycles. The molecular weight excluding hydrogens is 312 g/mol. The third-order valence-electron chi connectivity index (χ3n) is 6.75. The van der Waals surface area contributed by atoms with E-state index >= 15 is 0 Å². The molecule has 3 heteroatoms. The number of aldehydes is 1. The van der Waals surface area contributed by atoms with Crippen LogP contribution < -0.4 is 0 Å². The lowest BCUT2D eigenvalue weighted by molar-refractivity contribution is -0.139. The minimum Gasteiger partial charge on any atom is -0.462 e. The van der Waals surface area contributed by atoms with Gasteiger partial charge in [-0.2, -0.15) is 0 Å². The van der Waals surface area contributed by atoms with Crippen LogP contribution in [0.1, 0.15) is 73.1 Å². The van der Waals surface area contributed by atoms with Crippen molar-refractivity contribution >= 4 is 12.3 Å². The second kappa shape index (κ2) is 7.88. The molecule has 0 N–H and O–H groups in total. The lowest BCUT2D eigenvalue weighted by Crippen LogP contribution is -2.48. The predicted molar refractivity (Wildman–Crippen MR) is 101 cm³/mol. The molecule has 0 spiro atoms. The Hall–Kier alpha value is -1.38. The smallest absolute Gasteiger partial charge is 0.302 e. The molecule has 0 aromatic heterocycles. The van der Waals surface area contributed by atoms with Crippen LogP contribution in [0, 0.1) is 22.7 Å². The van der Waals surface area contributed by atoms with Crippen molar-refractivity contribution in [2.45, 2.75) is 73.1 Å². The molecule has 0 heterocycles. The summed E-state index contributed by atoms with van der Waals surface area (Å²) in [6.07, 6.45) is 12.0. The Morgan fingerprint density at radius 3 is 2.64 bits per heavy atom. The third kappa shape index (κ3) is 4.43. The Morgan fingerprint density at radius 2 is 2.00 bits per heavy atom. The van der Waals surface area contributed by atoms with Crippen molar-refractivity contribution in [3.63, 3.8) is 0 Å². The summed E-state index contributed by atoms with van der Waals surface area (Å²) >= 11 is 0. The third-order valence-corrected chi connectivity index (χ3v) is 6.75. The van der Waals surface area contributed by atoms with Gasteiger partial charge in [0.1, 0.15) is 12.9 Å². The van der Waals surface area contributed by atoms with Crippen molar-refractivity contribution in [2.75, 3.05) is 6.61 Å². The van der Waals surface area contributed by atoms with Crippen LogP contribution in [0.2, 0.25) is 0 Å². The van der Waals surface area contributed by atoms with Crippen molar-refractivity contribution in [1.82, 2.24) is 0 Å². The van der Waals surface area contributed by atoms with Gasteiger partial charge in [0.05, 0.1) is 0 Å². The van der Waals surface area contributed by atoms with Gasteiger partial charge in [-0.1, -0.05) is 38.8 Å². The van der Waals surface area contributed by atoms with E-state index in [9.17, 15) is 9.59 Å². The number of rotatable bonds is 6. The molecule has 0 bridgehead atoms. The number of carbonyl (C=O) groups excluding carboxylic acids is 2. The largest absolute Gasteiger partial charge is 0.462 e. The Balaban J connectivity index is 2.13. The number of allylic oxidation sites excluding steroid dienone is 3. The molecule has 0 saturated heterocycles. The van der Waals surface area contributed by atoms with Gasteiger partial charge in [-0.15, -0.1) is 0 Å². The van der Waals surface area contributed by atoms with E-state index in [0.717, 1.165) is 31.1 Å². The standard InChI is InChI=1S/C22H34O3/c1-16(11-14-25-17(2)24)7-9-19-18(15-23)8-10-20-21(3,4)12-6-13-22(19,20)5/h8,11,15,19-20H,6-7,9-10,12-14H2,1-5H3. The van der Waals surface area contributed by atoms with Gasteiger partial charge in [-0.25, -0.2) is 0 Å². The highest BCUT2D eigenvalue weighted by Gasteiger charge is 2.52. The van der Waals surface area contributed by atoms with Crippen molar-refractivity contribution in [2.24, 2.45) is 22.7 Å². The predicted octanol–water partition coefficient (Wildman–Crippen LogP) is 5.25. The molecule has 3 atom stereocenters. The number of hydrogen-bond donors (Lipinski definition) is 0. The molecule has 3 unspecified atom stereocenters. The van der Waals surface area contributed by atoms with Crippen LogP contribution in [0.3, 0.4) is 0 Å². The van der Waals surface area contributed by atoms with Crippen LogP contribution in [0.15, 0.2) is 23.3 Å². The Bertz CT molecular complexity index is 570. The second-order valence-electron chi connectivity index (χ2n) is 8.90. The summed E-state index contributed by atoms with van der Waals surface area (Å²) in [5, 5.41) is 0. The average molecular weight is 347 g/mol. The summed E-state index contributed by atoms with van der Waals surface area (Å²) in [5.74, 6) is 0.732. The van der Waals surface area contributed by atoms with Gasteiger partial charge in [0.25, 0.3) is 0 Å². The van der Waals surface area contributed by atoms with Gasteiger partial charge in [-0.05, 0) is 73.3 Å². The molecule has 25 heavy (non-hydrogen) atoms. The fraction of sp³-hybridized carbons (Fsp3) is 0.727.